The Labute approximate surface area is 125 Å². The predicted molar refractivity (Wildman–Crippen MR) is 81.3 cm³/mol. The van der Waals surface area contributed by atoms with Crippen molar-refractivity contribution in [3.05, 3.63) is 47.5 Å². The lowest BCUT2D eigenvalue weighted by molar-refractivity contribution is -0.118. The number of ether oxygens (including phenoxy) is 2. The second-order valence-electron chi connectivity index (χ2n) is 4.83. The fourth-order valence-corrected chi connectivity index (χ4v) is 1.96. The number of benzene rings is 1. The zero-order valence-electron chi connectivity index (χ0n) is 12.7. The van der Waals surface area contributed by atoms with Crippen molar-refractivity contribution < 1.29 is 19.1 Å². The SMILES string of the molecule is C=C(COC(=O)OC)Cc1ccccc1CCC(=O)CC. The van der Waals surface area contributed by atoms with Crippen LogP contribution < -0.4 is 0 Å². The number of ketones is 1. The van der Waals surface area contributed by atoms with Crippen molar-refractivity contribution in [2.45, 2.75) is 32.6 Å². The maximum atomic E-state index is 11.4. The summed E-state index contributed by atoms with van der Waals surface area (Å²) in [7, 11) is 1.27. The quantitative estimate of drug-likeness (QED) is 0.543. The van der Waals surface area contributed by atoms with Crippen molar-refractivity contribution in [1.29, 1.82) is 0 Å². The van der Waals surface area contributed by atoms with Crippen LogP contribution in [0.1, 0.15) is 30.9 Å². The molecule has 0 unspecified atom stereocenters. The molecule has 0 aliphatic rings. The van der Waals surface area contributed by atoms with Crippen LogP contribution >= 0.6 is 0 Å². The van der Waals surface area contributed by atoms with Gasteiger partial charge in [-0.25, -0.2) is 4.79 Å². The van der Waals surface area contributed by atoms with Gasteiger partial charge in [-0.05, 0) is 29.5 Å². The van der Waals surface area contributed by atoms with Gasteiger partial charge in [-0.3, -0.25) is 4.79 Å². The zero-order chi connectivity index (χ0) is 15.7. The van der Waals surface area contributed by atoms with Crippen LogP contribution in [0.5, 0.6) is 0 Å². The highest BCUT2D eigenvalue weighted by molar-refractivity contribution is 5.78. The van der Waals surface area contributed by atoms with Crippen molar-refractivity contribution in [3.8, 4) is 0 Å². The molecule has 0 aliphatic carbocycles. The van der Waals surface area contributed by atoms with Crippen molar-refractivity contribution in [3.63, 3.8) is 0 Å². The van der Waals surface area contributed by atoms with Crippen LogP contribution in [0.2, 0.25) is 0 Å². The zero-order valence-corrected chi connectivity index (χ0v) is 12.7. The summed E-state index contributed by atoms with van der Waals surface area (Å²) in [5, 5.41) is 0. The number of aryl methyl sites for hydroxylation is 1. The average Bonchev–Trinajstić information content (AvgIpc) is 2.51. The van der Waals surface area contributed by atoms with Gasteiger partial charge in [0.05, 0.1) is 7.11 Å². The summed E-state index contributed by atoms with van der Waals surface area (Å²) in [4.78, 5) is 22.4. The van der Waals surface area contributed by atoms with E-state index < -0.39 is 6.16 Å². The minimum absolute atomic E-state index is 0.134. The number of hydrogen-bond acceptors (Lipinski definition) is 4. The molecule has 0 heterocycles. The van der Waals surface area contributed by atoms with Gasteiger partial charge < -0.3 is 9.47 Å². The first kappa shape index (κ1) is 17.0. The van der Waals surface area contributed by atoms with Crippen molar-refractivity contribution in [2.24, 2.45) is 0 Å². The largest absolute Gasteiger partial charge is 0.508 e. The van der Waals surface area contributed by atoms with Gasteiger partial charge >= 0.3 is 6.16 Å². The van der Waals surface area contributed by atoms with Gasteiger partial charge in [-0.15, -0.1) is 0 Å². The lowest BCUT2D eigenvalue weighted by Crippen LogP contribution is -2.09. The molecule has 1 aromatic carbocycles. The molecule has 0 aromatic heterocycles. The highest BCUT2D eigenvalue weighted by Gasteiger charge is 2.08. The maximum Gasteiger partial charge on any atom is 0.508 e. The standard InChI is InChI=1S/C17H22O4/c1-4-16(18)10-9-14-7-5-6-8-15(14)11-13(2)12-21-17(19)20-3/h5-8H,2,4,9-12H2,1,3H3. The Morgan fingerprint density at radius 1 is 1.19 bits per heavy atom. The average molecular weight is 290 g/mol. The van der Waals surface area contributed by atoms with E-state index in [2.05, 4.69) is 11.3 Å². The molecule has 1 rings (SSSR count). The third kappa shape index (κ3) is 6.25. The predicted octanol–water partition coefficient (Wildman–Crippen LogP) is 3.48. The minimum Gasteiger partial charge on any atom is -0.438 e. The van der Waals surface area contributed by atoms with Crippen LogP contribution in [-0.4, -0.2) is 25.7 Å². The number of carbonyl (C=O) groups is 2. The van der Waals surface area contributed by atoms with Gasteiger partial charge in [-0.2, -0.15) is 0 Å². The smallest absolute Gasteiger partial charge is 0.438 e. The first-order valence-electron chi connectivity index (χ1n) is 7.02. The van der Waals surface area contributed by atoms with E-state index in [0.717, 1.165) is 23.1 Å². The van der Waals surface area contributed by atoms with Gasteiger partial charge in [0.1, 0.15) is 12.4 Å². The second-order valence-corrected chi connectivity index (χ2v) is 4.83. The summed E-state index contributed by atoms with van der Waals surface area (Å²) in [5.41, 5.74) is 3.04. The summed E-state index contributed by atoms with van der Waals surface area (Å²) in [5.74, 6) is 0.262. The van der Waals surface area contributed by atoms with Crippen LogP contribution in [0.15, 0.2) is 36.4 Å². The first-order chi connectivity index (χ1) is 10.1. The fourth-order valence-electron chi connectivity index (χ4n) is 1.96. The number of carbonyl (C=O) groups excluding carboxylic acids is 2. The molecule has 0 aliphatic heterocycles. The van der Waals surface area contributed by atoms with Gasteiger partial charge in [0.25, 0.3) is 0 Å². The van der Waals surface area contributed by atoms with Gasteiger partial charge in [-0.1, -0.05) is 37.8 Å². The molecule has 0 saturated carbocycles. The lowest BCUT2D eigenvalue weighted by atomic mass is 9.96. The third-order valence-electron chi connectivity index (χ3n) is 3.19. The molecule has 4 heteroatoms. The van der Waals surface area contributed by atoms with E-state index in [1.54, 1.807) is 0 Å². The topological polar surface area (TPSA) is 52.6 Å². The van der Waals surface area contributed by atoms with E-state index in [1.165, 1.54) is 7.11 Å². The highest BCUT2D eigenvalue weighted by atomic mass is 16.7. The molecule has 4 nitrogen and oxygen atoms in total. The highest BCUT2D eigenvalue weighted by Crippen LogP contribution is 2.15. The van der Waals surface area contributed by atoms with Crippen LogP contribution in [0.3, 0.4) is 0 Å². The van der Waals surface area contributed by atoms with Gasteiger partial charge in [0.15, 0.2) is 0 Å². The van der Waals surface area contributed by atoms with E-state index in [4.69, 9.17) is 4.74 Å². The lowest BCUT2D eigenvalue weighted by Gasteiger charge is -2.11. The molecule has 0 spiro atoms. The molecule has 0 radical (unpaired) electrons. The Morgan fingerprint density at radius 2 is 1.86 bits per heavy atom. The Bertz CT molecular complexity index is 505. The van der Waals surface area contributed by atoms with Gasteiger partial charge in [0.2, 0.25) is 0 Å². The van der Waals surface area contributed by atoms with Crippen molar-refractivity contribution >= 4 is 11.9 Å². The molecule has 0 N–H and O–H groups in total. The summed E-state index contributed by atoms with van der Waals surface area (Å²) in [6, 6.07) is 7.94. The Hall–Kier alpha value is -2.10. The van der Waals surface area contributed by atoms with E-state index in [-0.39, 0.29) is 12.4 Å². The summed E-state index contributed by atoms with van der Waals surface area (Å²) < 4.78 is 9.28. The molecule has 0 amide bonds. The monoisotopic (exact) mass is 290 g/mol. The van der Waals surface area contributed by atoms with E-state index in [9.17, 15) is 9.59 Å². The van der Waals surface area contributed by atoms with Crippen LogP contribution in [-0.2, 0) is 27.1 Å². The summed E-state index contributed by atoms with van der Waals surface area (Å²) >= 11 is 0. The van der Waals surface area contributed by atoms with Crippen molar-refractivity contribution in [1.82, 2.24) is 0 Å². The van der Waals surface area contributed by atoms with Crippen molar-refractivity contribution in [2.75, 3.05) is 13.7 Å². The minimum atomic E-state index is -0.710. The first-order valence-corrected chi connectivity index (χ1v) is 7.02. The summed E-state index contributed by atoms with van der Waals surface area (Å²) in [6.45, 7) is 5.92. The molecule has 114 valence electrons. The Kier molecular flexibility index (Phi) is 7.23. The van der Waals surface area contributed by atoms with Crippen LogP contribution in [0.4, 0.5) is 4.79 Å². The van der Waals surface area contributed by atoms with Crippen LogP contribution in [0, 0.1) is 0 Å². The number of rotatable bonds is 8. The molecule has 0 atom stereocenters. The second kappa shape index (κ2) is 8.95. The number of Topliss-reactive ketones (excluding diaryl/α,β-unsaturated/α-hetero) is 1. The molecule has 0 bridgehead atoms. The molecule has 21 heavy (non-hydrogen) atoms. The normalized spacial score (nSPS) is 10.0. The Morgan fingerprint density at radius 3 is 2.48 bits per heavy atom. The van der Waals surface area contributed by atoms with E-state index in [0.29, 0.717) is 19.3 Å². The molecular weight excluding hydrogens is 268 g/mol. The molecule has 1 aromatic rings. The molecule has 0 fully saturated rings. The third-order valence-corrected chi connectivity index (χ3v) is 3.19. The summed E-state index contributed by atoms with van der Waals surface area (Å²) in [6.07, 6.45) is 1.76. The van der Waals surface area contributed by atoms with Gasteiger partial charge in [0, 0.05) is 12.8 Å². The van der Waals surface area contributed by atoms with E-state index in [1.807, 2.05) is 31.2 Å². The number of methoxy groups -OCH3 is 1. The van der Waals surface area contributed by atoms with E-state index >= 15 is 0 Å². The molecular formula is C17H22O4. The maximum absolute atomic E-state index is 11.4. The number of hydrogen-bond donors (Lipinski definition) is 0. The fraction of sp³-hybridized carbons (Fsp3) is 0.412. The Balaban J connectivity index is 2.59. The van der Waals surface area contributed by atoms with Crippen LogP contribution in [0.25, 0.3) is 0 Å². The molecule has 0 saturated heterocycles.